The Morgan fingerprint density at radius 1 is 0.381 bits per heavy atom. The third-order valence-electron chi connectivity index (χ3n) is 17.2. The molecule has 0 spiro atoms. The van der Waals surface area contributed by atoms with Gasteiger partial charge in [-0.15, -0.1) is 0 Å². The summed E-state index contributed by atoms with van der Waals surface area (Å²) < 4.78 is 11.8. The van der Waals surface area contributed by atoms with Crippen molar-refractivity contribution in [2.45, 2.75) is 258 Å². The summed E-state index contributed by atoms with van der Waals surface area (Å²) in [7, 11) is 0. The molecule has 0 saturated carbocycles. The van der Waals surface area contributed by atoms with Crippen molar-refractivity contribution in [1.29, 1.82) is 0 Å². The van der Waals surface area contributed by atoms with Gasteiger partial charge >= 0.3 is 11.9 Å². The van der Waals surface area contributed by atoms with Crippen LogP contribution in [0.5, 0.6) is 0 Å². The predicted molar refractivity (Wildman–Crippen MR) is 337 cm³/mol. The molecule has 2 aliphatic rings. The first-order valence-corrected chi connectivity index (χ1v) is 34.0. The van der Waals surface area contributed by atoms with E-state index in [4.69, 9.17) is 9.47 Å². The van der Waals surface area contributed by atoms with Gasteiger partial charge in [0.05, 0.1) is 72.6 Å². The van der Waals surface area contributed by atoms with Gasteiger partial charge in [0, 0.05) is 13.1 Å². The topological polar surface area (TPSA) is 174 Å². The number of hydrogen-bond acceptors (Lipinski definition) is 12. The van der Waals surface area contributed by atoms with E-state index in [0.29, 0.717) is 61.6 Å². The number of hydrogen-bond donors (Lipinski definition) is 2. The van der Waals surface area contributed by atoms with Crippen LogP contribution in [0.4, 0.5) is 0 Å². The molecule has 0 saturated heterocycles. The summed E-state index contributed by atoms with van der Waals surface area (Å²) in [5, 5.41) is 23.0. The SMILES string of the molecule is CCCCCCCCC(CCCCCC)C(=O)OCCCCCCN(CCCCN(CCCCCCOC(=O)C(CCCCCC)CCCCCCCC)CC(O)CN1C(=O)c2ccccc2C1=O)CC(O)CN1C(=O)c2ccccc2C1=O. The number of carbonyl (C=O) groups is 6. The Balaban J connectivity index is 1.31. The molecule has 2 aromatic rings. The molecule has 4 amide bonds. The molecule has 4 unspecified atom stereocenters. The lowest BCUT2D eigenvalue weighted by Crippen LogP contribution is -2.43. The fourth-order valence-electron chi connectivity index (χ4n) is 12.1. The molecule has 0 fully saturated rings. The minimum atomic E-state index is -0.961. The van der Waals surface area contributed by atoms with Crippen LogP contribution in [0.25, 0.3) is 0 Å². The largest absolute Gasteiger partial charge is 0.465 e. The van der Waals surface area contributed by atoms with Crippen LogP contribution in [-0.4, -0.2) is 143 Å². The van der Waals surface area contributed by atoms with Gasteiger partial charge in [0.2, 0.25) is 0 Å². The summed E-state index contributed by atoms with van der Waals surface area (Å²) >= 11 is 0. The molecule has 84 heavy (non-hydrogen) atoms. The maximum absolute atomic E-state index is 13.3. The zero-order valence-electron chi connectivity index (χ0n) is 53.0. The number of aliphatic hydroxyl groups is 2. The molecule has 0 radical (unpaired) electrons. The number of imide groups is 2. The number of ether oxygens (including phenoxy) is 2. The van der Waals surface area contributed by atoms with E-state index in [9.17, 15) is 39.0 Å². The molecule has 14 nitrogen and oxygen atoms in total. The quantitative estimate of drug-likeness (QED) is 0.0365. The molecule has 2 heterocycles. The zero-order chi connectivity index (χ0) is 60.6. The van der Waals surface area contributed by atoms with E-state index in [1.165, 1.54) is 89.9 Å². The van der Waals surface area contributed by atoms with E-state index in [-0.39, 0.29) is 50.0 Å². The minimum absolute atomic E-state index is 0.0213. The molecule has 2 N–H and O–H groups in total. The Morgan fingerprint density at radius 2 is 0.631 bits per heavy atom. The predicted octanol–water partition coefficient (Wildman–Crippen LogP) is 14.6. The molecule has 2 aliphatic heterocycles. The first-order valence-electron chi connectivity index (χ1n) is 34.0. The second-order valence-electron chi connectivity index (χ2n) is 24.5. The number of aliphatic hydroxyl groups excluding tert-OH is 2. The second-order valence-corrected chi connectivity index (χ2v) is 24.5. The first-order chi connectivity index (χ1) is 40.9. The molecule has 0 aliphatic carbocycles. The Morgan fingerprint density at radius 3 is 0.940 bits per heavy atom. The third-order valence-corrected chi connectivity index (χ3v) is 17.2. The Bertz CT molecular complexity index is 1950. The van der Waals surface area contributed by atoms with Crippen molar-refractivity contribution in [3.8, 4) is 0 Å². The number of esters is 2. The van der Waals surface area contributed by atoms with Gasteiger partial charge in [-0.2, -0.15) is 0 Å². The fraction of sp³-hybridized carbons (Fsp3) is 0.743. The maximum Gasteiger partial charge on any atom is 0.308 e. The highest BCUT2D eigenvalue weighted by atomic mass is 16.5. The Labute approximate surface area is 507 Å². The van der Waals surface area contributed by atoms with Gasteiger partial charge in [-0.3, -0.25) is 38.6 Å². The van der Waals surface area contributed by atoms with E-state index in [1.807, 2.05) is 0 Å². The fourth-order valence-corrected chi connectivity index (χ4v) is 12.1. The zero-order valence-corrected chi connectivity index (χ0v) is 53.0. The van der Waals surface area contributed by atoms with Gasteiger partial charge in [0.25, 0.3) is 23.6 Å². The average Bonchev–Trinajstić information content (AvgIpc) is 2.81. The van der Waals surface area contributed by atoms with Crippen LogP contribution in [-0.2, 0) is 19.1 Å². The van der Waals surface area contributed by atoms with E-state index in [2.05, 4.69) is 37.5 Å². The molecule has 4 rings (SSSR count). The number of carbonyl (C=O) groups excluding carboxylic acids is 6. The van der Waals surface area contributed by atoms with Crippen molar-refractivity contribution >= 4 is 35.6 Å². The summed E-state index contributed by atoms with van der Waals surface area (Å²) in [4.78, 5) is 86.4. The summed E-state index contributed by atoms with van der Waals surface area (Å²) in [5.74, 6) is -1.70. The van der Waals surface area contributed by atoms with Crippen molar-refractivity contribution in [1.82, 2.24) is 19.6 Å². The molecule has 0 bridgehead atoms. The molecular formula is C70H114N4O10. The highest BCUT2D eigenvalue weighted by Gasteiger charge is 2.38. The van der Waals surface area contributed by atoms with Gasteiger partial charge in [0.15, 0.2) is 0 Å². The van der Waals surface area contributed by atoms with Crippen molar-refractivity contribution < 1.29 is 48.5 Å². The molecule has 2 aromatic carbocycles. The monoisotopic (exact) mass is 1170 g/mol. The average molecular weight is 1170 g/mol. The Hall–Kier alpha value is -4.50. The first kappa shape index (κ1) is 72.0. The van der Waals surface area contributed by atoms with Gasteiger partial charge in [0.1, 0.15) is 0 Å². The molecular weight excluding hydrogens is 1060 g/mol. The minimum Gasteiger partial charge on any atom is -0.465 e. The van der Waals surface area contributed by atoms with Gasteiger partial charge in [-0.25, -0.2) is 0 Å². The number of unbranched alkanes of at least 4 members (excludes halogenated alkanes) is 23. The van der Waals surface area contributed by atoms with Crippen LogP contribution in [0, 0.1) is 11.8 Å². The van der Waals surface area contributed by atoms with Crippen LogP contribution in [0.1, 0.15) is 287 Å². The van der Waals surface area contributed by atoms with Gasteiger partial charge in [-0.05, 0) is 115 Å². The highest BCUT2D eigenvalue weighted by molar-refractivity contribution is 6.22. The third kappa shape index (κ3) is 27.5. The van der Waals surface area contributed by atoms with Crippen molar-refractivity contribution in [3.63, 3.8) is 0 Å². The summed E-state index contributed by atoms with van der Waals surface area (Å²) in [5.41, 5.74) is 1.42. The smallest absolute Gasteiger partial charge is 0.308 e. The van der Waals surface area contributed by atoms with Gasteiger partial charge in [-0.1, -0.05) is 206 Å². The number of amides is 4. The summed E-state index contributed by atoms with van der Waals surface area (Å²) in [6.45, 7) is 12.8. The number of benzene rings is 2. The molecule has 474 valence electrons. The summed E-state index contributed by atoms with van der Waals surface area (Å²) in [6.07, 6.45) is 33.8. The van der Waals surface area contributed by atoms with E-state index in [0.717, 1.165) is 138 Å². The number of β-amino-alcohol motifs (C(OH)–C–C–N with tert-alkyl or cyclic N) is 2. The molecule has 4 atom stereocenters. The van der Waals surface area contributed by atoms with E-state index < -0.39 is 35.8 Å². The van der Waals surface area contributed by atoms with Crippen LogP contribution in [0.15, 0.2) is 48.5 Å². The van der Waals surface area contributed by atoms with Crippen LogP contribution in [0.2, 0.25) is 0 Å². The van der Waals surface area contributed by atoms with Crippen LogP contribution < -0.4 is 0 Å². The number of nitrogens with zero attached hydrogens (tertiary/aromatic N) is 4. The van der Waals surface area contributed by atoms with E-state index in [1.54, 1.807) is 48.5 Å². The maximum atomic E-state index is 13.3. The lowest BCUT2D eigenvalue weighted by atomic mass is 9.94. The summed E-state index contributed by atoms with van der Waals surface area (Å²) in [6, 6.07) is 13.5. The molecule has 14 heteroatoms. The van der Waals surface area contributed by atoms with Gasteiger partial charge < -0.3 is 29.5 Å². The standard InChI is InChI=1S/C70H114N4O10/c1-5-9-13-17-19-27-41-57(39-25-15-11-7-3)69(81)83-51-37-23-21-33-47-71(53-59(75)55-73-65(77)61-43-29-30-44-62(61)66(73)78)49-35-36-50-72(54-60(76)56-74-67(79)63-45-31-32-46-64(63)68(74)80)48-34-22-24-38-52-84-70(82)58(40-26-16-12-8-4)42-28-20-18-14-10-6-2/h29-32,43-46,57-60,75-76H,5-28,33-42,47-56H2,1-4H3. The second kappa shape index (κ2) is 44.0. The molecule has 0 aromatic heterocycles. The van der Waals surface area contributed by atoms with Crippen LogP contribution in [0.3, 0.4) is 0 Å². The normalized spacial score (nSPS) is 14.7. The van der Waals surface area contributed by atoms with Crippen molar-refractivity contribution in [3.05, 3.63) is 70.8 Å². The lowest BCUT2D eigenvalue weighted by molar-refractivity contribution is -0.150. The lowest BCUT2D eigenvalue weighted by Gasteiger charge is -2.29. The number of fused-ring (bicyclic) bond motifs is 2. The van der Waals surface area contributed by atoms with Crippen molar-refractivity contribution in [2.24, 2.45) is 11.8 Å². The van der Waals surface area contributed by atoms with E-state index >= 15 is 0 Å². The van der Waals surface area contributed by atoms with Crippen molar-refractivity contribution in [2.75, 3.05) is 65.6 Å². The Kier molecular flexibility index (Phi) is 37.7. The van der Waals surface area contributed by atoms with Crippen LogP contribution >= 0.6 is 0 Å². The number of rotatable bonds is 53. The highest BCUT2D eigenvalue weighted by Crippen LogP contribution is 2.26.